The molecule has 0 bridgehead atoms. The van der Waals surface area contributed by atoms with Crippen LogP contribution in [0.25, 0.3) is 10.8 Å². The number of rotatable bonds is 3. The van der Waals surface area contributed by atoms with Crippen molar-refractivity contribution in [3.05, 3.63) is 64.4 Å². The van der Waals surface area contributed by atoms with Gasteiger partial charge in [0.2, 0.25) is 0 Å². The summed E-state index contributed by atoms with van der Waals surface area (Å²) >= 11 is 3.53. The maximum Gasteiger partial charge on any atom is 0.104 e. The van der Waals surface area contributed by atoms with E-state index in [1.807, 2.05) is 17.8 Å². The highest BCUT2D eigenvalue weighted by molar-refractivity contribution is 7.98. The van der Waals surface area contributed by atoms with Crippen molar-refractivity contribution >= 4 is 33.9 Å². The number of hydrogen-bond donors (Lipinski definition) is 1. The van der Waals surface area contributed by atoms with E-state index in [1.165, 1.54) is 20.5 Å². The summed E-state index contributed by atoms with van der Waals surface area (Å²) in [7, 11) is 0. The van der Waals surface area contributed by atoms with Gasteiger partial charge in [0.05, 0.1) is 4.88 Å². The van der Waals surface area contributed by atoms with Crippen molar-refractivity contribution in [2.45, 2.75) is 10.6 Å². The Kier molecular flexibility index (Phi) is 4.62. The van der Waals surface area contributed by atoms with E-state index in [1.54, 1.807) is 11.3 Å². The molecule has 0 atom stereocenters. The molecule has 1 N–H and O–H groups in total. The standard InChI is InChI=1S/C18H14OS2/c19-11-3-6-16-9-10-18(21-16)13-20-17-8-7-14-4-1-2-5-15(14)12-17/h1-2,4-5,7-10,12,19H,11,13H2. The molecule has 21 heavy (non-hydrogen) atoms. The fourth-order valence-corrected chi connectivity index (χ4v) is 3.93. The van der Waals surface area contributed by atoms with Gasteiger partial charge in [0.15, 0.2) is 0 Å². The Morgan fingerprint density at radius 3 is 2.71 bits per heavy atom. The van der Waals surface area contributed by atoms with Crippen LogP contribution in [0.4, 0.5) is 0 Å². The van der Waals surface area contributed by atoms with Gasteiger partial charge >= 0.3 is 0 Å². The predicted molar refractivity (Wildman–Crippen MR) is 91.8 cm³/mol. The van der Waals surface area contributed by atoms with Crippen molar-refractivity contribution < 1.29 is 5.11 Å². The van der Waals surface area contributed by atoms with E-state index in [4.69, 9.17) is 5.11 Å². The van der Waals surface area contributed by atoms with Crippen molar-refractivity contribution in [2.24, 2.45) is 0 Å². The zero-order chi connectivity index (χ0) is 14.5. The summed E-state index contributed by atoms with van der Waals surface area (Å²) in [6.45, 7) is -0.0843. The molecular weight excluding hydrogens is 296 g/mol. The van der Waals surface area contributed by atoms with E-state index in [0.717, 1.165) is 10.6 Å². The Morgan fingerprint density at radius 1 is 1.00 bits per heavy atom. The summed E-state index contributed by atoms with van der Waals surface area (Å²) in [5, 5.41) is 11.3. The van der Waals surface area contributed by atoms with E-state index in [-0.39, 0.29) is 6.61 Å². The zero-order valence-electron chi connectivity index (χ0n) is 11.4. The van der Waals surface area contributed by atoms with Gasteiger partial charge in [-0.05, 0) is 35.0 Å². The highest BCUT2D eigenvalue weighted by Gasteiger charge is 2.01. The Morgan fingerprint density at radius 2 is 1.86 bits per heavy atom. The quantitative estimate of drug-likeness (QED) is 0.566. The van der Waals surface area contributed by atoms with Crippen LogP contribution in [0.1, 0.15) is 9.75 Å². The summed E-state index contributed by atoms with van der Waals surface area (Å²) in [6.07, 6.45) is 0. The first-order valence-electron chi connectivity index (χ1n) is 6.65. The van der Waals surface area contributed by atoms with Crippen LogP contribution in [0.3, 0.4) is 0 Å². The highest BCUT2D eigenvalue weighted by atomic mass is 32.2. The summed E-state index contributed by atoms with van der Waals surface area (Å²) < 4.78 is 0. The lowest BCUT2D eigenvalue weighted by Gasteiger charge is -2.02. The lowest BCUT2D eigenvalue weighted by atomic mass is 10.1. The van der Waals surface area contributed by atoms with Crippen molar-refractivity contribution in [1.29, 1.82) is 0 Å². The molecule has 0 unspecified atom stereocenters. The minimum absolute atomic E-state index is 0.0843. The van der Waals surface area contributed by atoms with Gasteiger partial charge in [0, 0.05) is 15.5 Å². The number of aliphatic hydroxyl groups is 1. The van der Waals surface area contributed by atoms with Gasteiger partial charge < -0.3 is 5.11 Å². The molecule has 0 radical (unpaired) electrons. The van der Waals surface area contributed by atoms with Crippen LogP contribution in [0.5, 0.6) is 0 Å². The number of aliphatic hydroxyl groups excluding tert-OH is 1. The maximum atomic E-state index is 8.70. The molecule has 0 aliphatic heterocycles. The Hall–Kier alpha value is -1.73. The molecular formula is C18H14OS2. The molecule has 3 heteroatoms. The molecule has 0 aliphatic rings. The molecule has 3 aromatic rings. The van der Waals surface area contributed by atoms with Crippen LogP contribution in [0.15, 0.2) is 59.5 Å². The van der Waals surface area contributed by atoms with Crippen molar-refractivity contribution in [2.75, 3.05) is 6.61 Å². The number of thioether (sulfide) groups is 1. The van der Waals surface area contributed by atoms with Crippen molar-refractivity contribution in [1.82, 2.24) is 0 Å². The van der Waals surface area contributed by atoms with E-state index in [9.17, 15) is 0 Å². The van der Waals surface area contributed by atoms with Gasteiger partial charge in [-0.25, -0.2) is 0 Å². The lowest BCUT2D eigenvalue weighted by Crippen LogP contribution is -1.76. The molecule has 104 valence electrons. The van der Waals surface area contributed by atoms with E-state index < -0.39 is 0 Å². The molecule has 1 aromatic heterocycles. The smallest absolute Gasteiger partial charge is 0.104 e. The average Bonchev–Trinajstić information content (AvgIpc) is 2.98. The molecule has 0 saturated heterocycles. The third kappa shape index (κ3) is 3.68. The Labute approximate surface area is 132 Å². The van der Waals surface area contributed by atoms with Gasteiger partial charge in [0.25, 0.3) is 0 Å². The van der Waals surface area contributed by atoms with Crippen LogP contribution in [0.2, 0.25) is 0 Å². The second-order valence-electron chi connectivity index (χ2n) is 4.52. The SMILES string of the molecule is OCC#Cc1ccc(CSc2ccc3ccccc3c2)s1. The molecule has 1 nitrogen and oxygen atoms in total. The van der Waals surface area contributed by atoms with Crippen LogP contribution < -0.4 is 0 Å². The lowest BCUT2D eigenvalue weighted by molar-refractivity contribution is 0.350. The number of fused-ring (bicyclic) bond motifs is 1. The average molecular weight is 310 g/mol. The van der Waals surface area contributed by atoms with E-state index in [2.05, 4.69) is 60.4 Å². The zero-order valence-corrected chi connectivity index (χ0v) is 13.0. The fraction of sp³-hybridized carbons (Fsp3) is 0.111. The molecule has 2 aromatic carbocycles. The summed E-state index contributed by atoms with van der Waals surface area (Å²) in [5.74, 6) is 6.58. The first kappa shape index (κ1) is 14.2. The third-order valence-electron chi connectivity index (χ3n) is 3.05. The molecule has 0 saturated carbocycles. The molecule has 0 fully saturated rings. The van der Waals surface area contributed by atoms with Crippen LogP contribution in [-0.4, -0.2) is 11.7 Å². The molecule has 0 spiro atoms. The minimum Gasteiger partial charge on any atom is -0.384 e. The van der Waals surface area contributed by atoms with Crippen LogP contribution >= 0.6 is 23.1 Å². The number of thiophene rings is 1. The van der Waals surface area contributed by atoms with Crippen molar-refractivity contribution in [3.8, 4) is 11.8 Å². The Balaban J connectivity index is 1.69. The van der Waals surface area contributed by atoms with Crippen LogP contribution in [0, 0.1) is 11.8 Å². The normalized spacial score (nSPS) is 10.3. The second kappa shape index (κ2) is 6.82. The molecule has 0 aliphatic carbocycles. The van der Waals surface area contributed by atoms with Gasteiger partial charge in [-0.2, -0.15) is 0 Å². The van der Waals surface area contributed by atoms with E-state index >= 15 is 0 Å². The van der Waals surface area contributed by atoms with Gasteiger partial charge in [0.1, 0.15) is 6.61 Å². The minimum atomic E-state index is -0.0843. The van der Waals surface area contributed by atoms with Gasteiger partial charge in [-0.3, -0.25) is 0 Å². The summed E-state index contributed by atoms with van der Waals surface area (Å²) in [4.78, 5) is 3.60. The Bertz CT molecular complexity index is 808. The number of hydrogen-bond acceptors (Lipinski definition) is 3. The monoisotopic (exact) mass is 310 g/mol. The summed E-state index contributed by atoms with van der Waals surface area (Å²) in [6, 6.07) is 19.1. The molecule has 1 heterocycles. The number of benzene rings is 2. The topological polar surface area (TPSA) is 20.2 Å². The largest absolute Gasteiger partial charge is 0.384 e. The predicted octanol–water partition coefficient (Wildman–Crippen LogP) is 4.54. The first-order chi connectivity index (χ1) is 10.3. The third-order valence-corrected chi connectivity index (χ3v) is 5.28. The van der Waals surface area contributed by atoms with Gasteiger partial charge in [-0.15, -0.1) is 23.1 Å². The van der Waals surface area contributed by atoms with Crippen LogP contribution in [-0.2, 0) is 5.75 Å². The highest BCUT2D eigenvalue weighted by Crippen LogP contribution is 2.28. The molecule has 0 amide bonds. The summed E-state index contributed by atoms with van der Waals surface area (Å²) in [5.41, 5.74) is 0. The first-order valence-corrected chi connectivity index (χ1v) is 8.45. The van der Waals surface area contributed by atoms with E-state index in [0.29, 0.717) is 0 Å². The second-order valence-corrected chi connectivity index (χ2v) is 6.74. The fourth-order valence-electron chi connectivity index (χ4n) is 2.06. The maximum absolute atomic E-state index is 8.70. The van der Waals surface area contributed by atoms with Crippen molar-refractivity contribution in [3.63, 3.8) is 0 Å². The molecule has 3 rings (SSSR count). The van der Waals surface area contributed by atoms with Gasteiger partial charge in [-0.1, -0.05) is 42.2 Å².